The normalized spacial score (nSPS) is 22.2. The summed E-state index contributed by atoms with van der Waals surface area (Å²) in [5, 5.41) is 21.6. The number of nitrogens with zero attached hydrogens (tertiary/aromatic N) is 3. The lowest BCUT2D eigenvalue weighted by atomic mass is 10.0. The summed E-state index contributed by atoms with van der Waals surface area (Å²) in [6.07, 6.45) is 1.05. The number of anilines is 1. The van der Waals surface area contributed by atoms with Crippen LogP contribution < -0.4 is 21.9 Å². The number of hydrogen-bond acceptors (Lipinski definition) is 4. The summed E-state index contributed by atoms with van der Waals surface area (Å²) >= 11 is 1.80. The van der Waals surface area contributed by atoms with Crippen molar-refractivity contribution in [2.75, 3.05) is 23.7 Å². The monoisotopic (exact) mass is 415 g/mol. The molecule has 2 aromatic rings. The number of nitriles is 1. The maximum absolute atomic E-state index is 11.5. The number of halogens is 1. The van der Waals surface area contributed by atoms with Crippen molar-refractivity contribution in [2.24, 2.45) is 0 Å². The lowest BCUT2D eigenvalue weighted by Crippen LogP contribution is -3.00. The molecule has 0 spiro atoms. The number of hydrogen-bond donors (Lipinski definition) is 1. The molecule has 0 fully saturated rings. The van der Waals surface area contributed by atoms with Crippen molar-refractivity contribution < 1.29 is 26.7 Å². The van der Waals surface area contributed by atoms with Crippen molar-refractivity contribution in [3.05, 3.63) is 65.7 Å². The molecule has 4 rings (SSSR count). The summed E-state index contributed by atoms with van der Waals surface area (Å²) in [7, 11) is 0. The fourth-order valence-corrected chi connectivity index (χ4v) is 4.55. The molecule has 6 heteroatoms. The van der Waals surface area contributed by atoms with Gasteiger partial charge < -0.3 is 22.1 Å². The number of rotatable bonds is 2. The highest BCUT2D eigenvalue weighted by molar-refractivity contribution is 8.13. The van der Waals surface area contributed by atoms with Crippen LogP contribution in [0.15, 0.2) is 54.6 Å². The first-order valence-electron chi connectivity index (χ1n) is 8.05. The Kier molecular flexibility index (Phi) is 5.19. The number of benzene rings is 2. The summed E-state index contributed by atoms with van der Waals surface area (Å²) in [6.45, 7) is 1.33. The summed E-state index contributed by atoms with van der Waals surface area (Å²) in [4.78, 5) is 2.20. The molecular weight excluding hydrogens is 398 g/mol. The van der Waals surface area contributed by atoms with Crippen LogP contribution in [0.1, 0.15) is 17.5 Å². The second kappa shape index (κ2) is 7.20. The highest BCUT2D eigenvalue weighted by Crippen LogP contribution is 2.37. The van der Waals surface area contributed by atoms with Crippen LogP contribution in [0.25, 0.3) is 0 Å². The molecule has 25 heavy (non-hydrogen) atoms. The molecule has 2 aliphatic rings. The van der Waals surface area contributed by atoms with E-state index >= 15 is 0 Å². The van der Waals surface area contributed by atoms with Crippen LogP contribution in [-0.2, 0) is 5.72 Å². The van der Waals surface area contributed by atoms with Gasteiger partial charge in [-0.15, -0.1) is 0 Å². The van der Waals surface area contributed by atoms with Crippen LogP contribution in [0.2, 0.25) is 0 Å². The molecule has 128 valence electrons. The minimum absolute atomic E-state index is 0. The average Bonchev–Trinajstić information content (AvgIpc) is 2.97. The molecule has 1 N–H and O–H groups in total. The Morgan fingerprint density at radius 1 is 1.12 bits per heavy atom. The van der Waals surface area contributed by atoms with E-state index in [1.165, 1.54) is 0 Å². The van der Waals surface area contributed by atoms with Gasteiger partial charge in [0.25, 0.3) is 5.72 Å². The Labute approximate surface area is 162 Å². The second-order valence-electron chi connectivity index (χ2n) is 6.06. The van der Waals surface area contributed by atoms with E-state index < -0.39 is 5.72 Å². The smallest absolute Gasteiger partial charge is 0.316 e. The zero-order valence-corrected chi connectivity index (χ0v) is 16.0. The van der Waals surface area contributed by atoms with Gasteiger partial charge in [-0.25, -0.2) is 9.48 Å². The van der Waals surface area contributed by atoms with Crippen LogP contribution in [0.4, 0.5) is 5.69 Å². The quantitative estimate of drug-likeness (QED) is 0.686. The Morgan fingerprint density at radius 2 is 1.84 bits per heavy atom. The van der Waals surface area contributed by atoms with Gasteiger partial charge in [-0.3, -0.25) is 0 Å². The molecule has 1 unspecified atom stereocenters. The fourth-order valence-electron chi connectivity index (χ4n) is 3.37. The number of amidine groups is 1. The third kappa shape index (κ3) is 3.08. The molecule has 0 amide bonds. The van der Waals surface area contributed by atoms with Gasteiger partial charge in [-0.2, -0.15) is 5.26 Å². The first-order chi connectivity index (χ1) is 11.7. The zero-order valence-electron chi connectivity index (χ0n) is 13.6. The summed E-state index contributed by atoms with van der Waals surface area (Å²) < 4.78 is 2.11. The summed E-state index contributed by atoms with van der Waals surface area (Å²) in [6, 6.07) is 19.6. The van der Waals surface area contributed by atoms with E-state index in [4.69, 9.17) is 5.26 Å². The Hall–Kier alpha value is -1.81. The highest BCUT2D eigenvalue weighted by Gasteiger charge is 2.53. The van der Waals surface area contributed by atoms with Gasteiger partial charge in [0.15, 0.2) is 6.54 Å². The van der Waals surface area contributed by atoms with E-state index in [2.05, 4.69) is 27.7 Å². The van der Waals surface area contributed by atoms with E-state index in [1.807, 2.05) is 30.3 Å². The Bertz CT molecular complexity index is 832. The fraction of sp³-hybridized carbons (Fsp3) is 0.263. The molecule has 0 saturated carbocycles. The topological polar surface area (TPSA) is 50.3 Å². The van der Waals surface area contributed by atoms with Crippen LogP contribution in [-0.4, -0.2) is 33.7 Å². The lowest BCUT2D eigenvalue weighted by molar-refractivity contribution is -0.656. The first-order valence-corrected chi connectivity index (χ1v) is 9.04. The minimum atomic E-state index is -1.06. The van der Waals surface area contributed by atoms with Crippen molar-refractivity contribution in [3.8, 4) is 6.07 Å². The van der Waals surface area contributed by atoms with E-state index in [-0.39, 0.29) is 17.0 Å². The van der Waals surface area contributed by atoms with Crippen LogP contribution in [0.5, 0.6) is 0 Å². The molecule has 4 nitrogen and oxygen atoms in total. The summed E-state index contributed by atoms with van der Waals surface area (Å²) in [5.41, 5.74) is 1.47. The highest BCUT2D eigenvalue weighted by atomic mass is 79.9. The molecule has 2 heterocycles. The van der Waals surface area contributed by atoms with Crippen LogP contribution in [0, 0.1) is 11.3 Å². The first kappa shape index (κ1) is 18.0. The van der Waals surface area contributed by atoms with Crippen molar-refractivity contribution in [3.63, 3.8) is 0 Å². The van der Waals surface area contributed by atoms with Gasteiger partial charge in [0.2, 0.25) is 0 Å². The average molecular weight is 416 g/mol. The maximum atomic E-state index is 11.5. The molecule has 2 aliphatic heterocycles. The minimum Gasteiger partial charge on any atom is -1.00 e. The van der Waals surface area contributed by atoms with E-state index in [9.17, 15) is 5.11 Å². The summed E-state index contributed by atoms with van der Waals surface area (Å²) in [5.74, 6) is 1.07. The third-order valence-corrected chi connectivity index (χ3v) is 5.78. The molecule has 0 radical (unpaired) electrons. The van der Waals surface area contributed by atoms with Gasteiger partial charge in [0.05, 0.1) is 18.2 Å². The standard InChI is InChI=1S/C19H18N3OS.BrH/c20-13-15-7-9-16(10-8-15)19(23)14-21(17-5-2-1-3-6-17)18-22(19)11-4-12-24-18;/h1-3,5-10,23H,4,11-12,14H2;1H/q+1;/p-1. The number of para-hydroxylation sites is 1. The molecule has 1 atom stereocenters. The van der Waals surface area contributed by atoms with Gasteiger partial charge in [-0.1, -0.05) is 30.3 Å². The lowest BCUT2D eigenvalue weighted by Gasteiger charge is -2.24. The number of aliphatic hydroxyl groups is 1. The third-order valence-electron chi connectivity index (χ3n) is 4.59. The van der Waals surface area contributed by atoms with Gasteiger partial charge in [0.1, 0.15) is 5.69 Å². The Morgan fingerprint density at radius 3 is 2.52 bits per heavy atom. The molecular formula is C19H18BrN3OS. The van der Waals surface area contributed by atoms with Gasteiger partial charge in [-0.05, 0) is 42.4 Å². The number of thioether (sulfide) groups is 1. The molecule has 2 aromatic carbocycles. The predicted molar refractivity (Wildman–Crippen MR) is 96.1 cm³/mol. The van der Waals surface area contributed by atoms with Gasteiger partial charge in [0, 0.05) is 11.3 Å². The molecule has 0 saturated heterocycles. The Balaban J connectivity index is 0.00000182. The SMILES string of the molecule is N#Cc1ccc(C2(O)CN(c3ccccc3)C3=[N+]2CCCS3)cc1.[Br-]. The van der Waals surface area contributed by atoms with E-state index in [0.717, 1.165) is 35.1 Å². The van der Waals surface area contributed by atoms with Crippen molar-refractivity contribution >= 4 is 22.6 Å². The maximum Gasteiger partial charge on any atom is 0.316 e. The van der Waals surface area contributed by atoms with Crippen molar-refractivity contribution in [1.82, 2.24) is 0 Å². The van der Waals surface area contributed by atoms with Crippen LogP contribution in [0.3, 0.4) is 0 Å². The second-order valence-corrected chi connectivity index (χ2v) is 7.13. The van der Waals surface area contributed by atoms with Gasteiger partial charge >= 0.3 is 5.17 Å². The van der Waals surface area contributed by atoms with Crippen LogP contribution >= 0.6 is 11.8 Å². The van der Waals surface area contributed by atoms with E-state index in [0.29, 0.717) is 12.1 Å². The van der Waals surface area contributed by atoms with Crippen molar-refractivity contribution in [1.29, 1.82) is 5.26 Å². The van der Waals surface area contributed by atoms with Crippen molar-refractivity contribution in [2.45, 2.75) is 12.1 Å². The largest absolute Gasteiger partial charge is 1.00 e. The zero-order chi connectivity index (χ0) is 16.6. The van der Waals surface area contributed by atoms with E-state index in [1.54, 1.807) is 23.9 Å². The molecule has 0 aromatic heterocycles. The molecule has 0 aliphatic carbocycles. The number of β-amino-alcohol motifs (C(OH)–C–C–N with tert-alkyl or cyclic N) is 1. The molecule has 0 bridgehead atoms. The predicted octanol–water partition coefficient (Wildman–Crippen LogP) is -0.267.